The molecule has 0 saturated carbocycles. The Hall–Kier alpha value is -3.43. The number of anilines is 1. The lowest BCUT2D eigenvalue weighted by Gasteiger charge is -2.10. The molecule has 2 heterocycles. The number of ether oxygens (including phenoxy) is 1. The van der Waals surface area contributed by atoms with Crippen LogP contribution in [0.1, 0.15) is 11.4 Å². The number of hydrogen-bond donors (Lipinski definition) is 1. The molecule has 0 unspecified atom stereocenters. The van der Waals surface area contributed by atoms with Gasteiger partial charge in [-0.25, -0.2) is 9.37 Å². The Morgan fingerprint density at radius 3 is 2.48 bits per heavy atom. The lowest BCUT2D eigenvalue weighted by Crippen LogP contribution is -2.17. The van der Waals surface area contributed by atoms with Gasteiger partial charge in [0.2, 0.25) is 5.95 Å². The molecule has 4 aromatic rings. The first-order valence-corrected chi connectivity index (χ1v) is 7.73. The van der Waals surface area contributed by atoms with Gasteiger partial charge in [-0.3, -0.25) is 0 Å². The van der Waals surface area contributed by atoms with E-state index in [4.69, 9.17) is 5.73 Å². The van der Waals surface area contributed by atoms with Crippen LogP contribution in [0.15, 0.2) is 42.5 Å². The average molecular weight is 377 g/mol. The van der Waals surface area contributed by atoms with Gasteiger partial charge in [-0.2, -0.15) is 9.50 Å². The molecule has 0 bridgehead atoms. The molecule has 4 rings (SSSR count). The largest absolute Gasteiger partial charge is 0.573 e. The molecule has 138 valence electrons. The summed E-state index contributed by atoms with van der Waals surface area (Å²) in [6.45, 7) is 0. The van der Waals surface area contributed by atoms with Gasteiger partial charge in [-0.05, 0) is 29.8 Å². The third kappa shape index (κ3) is 3.46. The second-order valence-corrected chi connectivity index (χ2v) is 5.76. The molecule has 0 fully saturated rings. The Labute approximate surface area is 149 Å². The summed E-state index contributed by atoms with van der Waals surface area (Å²) in [5, 5.41) is 4.68. The Morgan fingerprint density at radius 1 is 1.04 bits per heavy atom. The van der Waals surface area contributed by atoms with Crippen molar-refractivity contribution < 1.29 is 22.3 Å². The van der Waals surface area contributed by atoms with Gasteiger partial charge in [0.25, 0.3) is 0 Å². The number of alkyl halides is 3. The fourth-order valence-corrected chi connectivity index (χ4v) is 2.76. The highest BCUT2D eigenvalue weighted by molar-refractivity contribution is 5.91. The van der Waals surface area contributed by atoms with Crippen LogP contribution >= 0.6 is 0 Å². The molecule has 0 saturated heterocycles. The minimum absolute atomic E-state index is 0.0313. The Kier molecular flexibility index (Phi) is 3.83. The third-order valence-corrected chi connectivity index (χ3v) is 3.84. The van der Waals surface area contributed by atoms with Crippen LogP contribution in [0.25, 0.3) is 16.6 Å². The van der Waals surface area contributed by atoms with Crippen LogP contribution in [0, 0.1) is 5.82 Å². The van der Waals surface area contributed by atoms with Crippen LogP contribution < -0.4 is 10.5 Å². The molecular formula is C17H11F4N5O. The van der Waals surface area contributed by atoms with Crippen LogP contribution in [-0.4, -0.2) is 25.9 Å². The van der Waals surface area contributed by atoms with Gasteiger partial charge in [0, 0.05) is 17.9 Å². The van der Waals surface area contributed by atoms with Crippen molar-refractivity contribution >= 4 is 22.5 Å². The van der Waals surface area contributed by atoms with Crippen LogP contribution in [0.4, 0.5) is 23.5 Å². The second-order valence-electron chi connectivity index (χ2n) is 5.76. The third-order valence-electron chi connectivity index (χ3n) is 3.84. The SMILES string of the molecule is Nc1nc2c3ccc(F)cc3nc(Cc3ccc(OC(F)(F)F)cc3)n2n1. The van der Waals surface area contributed by atoms with Crippen LogP contribution in [0.3, 0.4) is 0 Å². The van der Waals surface area contributed by atoms with Gasteiger partial charge in [0.05, 0.1) is 5.52 Å². The summed E-state index contributed by atoms with van der Waals surface area (Å²) in [4.78, 5) is 8.56. The molecule has 2 aromatic heterocycles. The van der Waals surface area contributed by atoms with Crippen molar-refractivity contribution in [1.82, 2.24) is 19.6 Å². The van der Waals surface area contributed by atoms with Crippen LogP contribution in [0.5, 0.6) is 5.75 Å². The summed E-state index contributed by atoms with van der Waals surface area (Å²) < 4.78 is 55.6. The molecule has 0 aliphatic rings. The first kappa shape index (κ1) is 17.0. The van der Waals surface area contributed by atoms with Gasteiger partial charge in [-0.1, -0.05) is 12.1 Å². The van der Waals surface area contributed by atoms with E-state index in [2.05, 4.69) is 19.8 Å². The monoisotopic (exact) mass is 377 g/mol. The lowest BCUT2D eigenvalue weighted by atomic mass is 10.1. The van der Waals surface area contributed by atoms with E-state index >= 15 is 0 Å². The molecule has 10 heteroatoms. The Balaban J connectivity index is 1.74. The number of nitrogens with zero attached hydrogens (tertiary/aromatic N) is 4. The summed E-state index contributed by atoms with van der Waals surface area (Å²) in [5.41, 5.74) is 7.14. The second kappa shape index (κ2) is 6.08. The van der Waals surface area contributed by atoms with Gasteiger partial charge in [0.15, 0.2) is 5.65 Å². The molecule has 0 spiro atoms. The number of halogens is 4. The zero-order chi connectivity index (χ0) is 19.2. The number of aromatic nitrogens is 4. The van der Waals surface area contributed by atoms with Crippen molar-refractivity contribution in [3.05, 3.63) is 59.7 Å². The molecule has 0 aliphatic carbocycles. The van der Waals surface area contributed by atoms with E-state index in [-0.39, 0.29) is 18.1 Å². The standard InChI is InChI=1S/C17H11F4N5O/c18-10-3-6-12-13(8-10)23-14(26-15(12)24-16(22)25-26)7-9-1-4-11(5-2-9)27-17(19,20)21/h1-6,8H,7H2,(H2,22,25). The van der Waals surface area contributed by atoms with Gasteiger partial charge < -0.3 is 10.5 Å². The first-order chi connectivity index (χ1) is 12.8. The van der Waals surface area contributed by atoms with E-state index in [1.54, 1.807) is 0 Å². The highest BCUT2D eigenvalue weighted by atomic mass is 19.4. The number of fused-ring (bicyclic) bond motifs is 3. The van der Waals surface area contributed by atoms with Gasteiger partial charge >= 0.3 is 6.36 Å². The summed E-state index contributed by atoms with van der Waals surface area (Å²) in [5.74, 6) is -0.332. The normalized spacial score (nSPS) is 12.0. The maximum Gasteiger partial charge on any atom is 0.573 e. The van der Waals surface area contributed by atoms with Crippen molar-refractivity contribution in [3.8, 4) is 5.75 Å². The molecule has 0 amide bonds. The van der Waals surface area contributed by atoms with Crippen molar-refractivity contribution in [2.75, 3.05) is 5.73 Å². The first-order valence-electron chi connectivity index (χ1n) is 7.73. The van der Waals surface area contributed by atoms with E-state index in [1.807, 2.05) is 0 Å². The quantitative estimate of drug-likeness (QED) is 0.553. The minimum Gasteiger partial charge on any atom is -0.406 e. The molecule has 0 atom stereocenters. The van der Waals surface area contributed by atoms with Crippen molar-refractivity contribution in [3.63, 3.8) is 0 Å². The summed E-state index contributed by atoms with van der Waals surface area (Å²) in [6, 6.07) is 9.45. The Bertz CT molecular complexity index is 1140. The summed E-state index contributed by atoms with van der Waals surface area (Å²) >= 11 is 0. The molecule has 2 aromatic carbocycles. The van der Waals surface area contributed by atoms with Gasteiger partial charge in [0.1, 0.15) is 17.4 Å². The number of hydrogen-bond acceptors (Lipinski definition) is 5. The number of rotatable bonds is 3. The fraction of sp³-hybridized carbons (Fsp3) is 0.118. The maximum absolute atomic E-state index is 13.6. The summed E-state index contributed by atoms with van der Waals surface area (Å²) in [6.07, 6.45) is -4.53. The molecule has 6 nitrogen and oxygen atoms in total. The molecular weight excluding hydrogens is 366 g/mol. The van der Waals surface area contributed by atoms with Crippen molar-refractivity contribution in [2.45, 2.75) is 12.8 Å². The molecule has 0 radical (unpaired) electrons. The molecule has 0 aliphatic heterocycles. The zero-order valence-electron chi connectivity index (χ0n) is 13.5. The zero-order valence-corrected chi connectivity index (χ0v) is 13.5. The smallest absolute Gasteiger partial charge is 0.406 e. The maximum atomic E-state index is 13.6. The predicted octanol–water partition coefficient (Wildman–Crippen LogP) is 3.49. The van der Waals surface area contributed by atoms with E-state index < -0.39 is 12.2 Å². The Morgan fingerprint density at radius 2 is 1.78 bits per heavy atom. The van der Waals surface area contributed by atoms with Crippen LogP contribution in [-0.2, 0) is 6.42 Å². The van der Waals surface area contributed by atoms with Crippen LogP contribution in [0.2, 0.25) is 0 Å². The van der Waals surface area contributed by atoms with Crippen molar-refractivity contribution in [2.24, 2.45) is 0 Å². The lowest BCUT2D eigenvalue weighted by molar-refractivity contribution is -0.274. The van der Waals surface area contributed by atoms with E-state index in [0.717, 1.165) is 0 Å². The highest BCUT2D eigenvalue weighted by Crippen LogP contribution is 2.24. The van der Waals surface area contributed by atoms with Crippen molar-refractivity contribution in [1.29, 1.82) is 0 Å². The van der Waals surface area contributed by atoms with E-state index in [1.165, 1.54) is 47.0 Å². The van der Waals surface area contributed by atoms with E-state index in [0.29, 0.717) is 27.9 Å². The predicted molar refractivity (Wildman–Crippen MR) is 88.6 cm³/mol. The number of nitrogens with two attached hydrogens (primary N) is 1. The number of nitrogen functional groups attached to an aromatic ring is 1. The fourth-order valence-electron chi connectivity index (χ4n) is 2.76. The topological polar surface area (TPSA) is 78.3 Å². The summed E-state index contributed by atoms with van der Waals surface area (Å²) in [7, 11) is 0. The van der Waals surface area contributed by atoms with E-state index in [9.17, 15) is 17.6 Å². The average Bonchev–Trinajstić information content (AvgIpc) is 2.97. The van der Waals surface area contributed by atoms with Gasteiger partial charge in [-0.15, -0.1) is 18.3 Å². The number of benzene rings is 2. The highest BCUT2D eigenvalue weighted by Gasteiger charge is 2.31. The minimum atomic E-state index is -4.75. The molecule has 27 heavy (non-hydrogen) atoms. The molecule has 2 N–H and O–H groups in total.